The highest BCUT2D eigenvalue weighted by atomic mass is 32.2. The first kappa shape index (κ1) is 28.0. The van der Waals surface area contributed by atoms with Crippen molar-refractivity contribution in [3.05, 3.63) is 90.6 Å². The van der Waals surface area contributed by atoms with Crippen LogP contribution in [0.3, 0.4) is 0 Å². The van der Waals surface area contributed by atoms with E-state index in [1.165, 1.54) is 39.1 Å². The molecule has 0 aliphatic heterocycles. The van der Waals surface area contributed by atoms with Crippen LogP contribution in [-0.2, 0) is 18.0 Å². The average molecular weight is 554 g/mol. The van der Waals surface area contributed by atoms with Gasteiger partial charge in [0.25, 0.3) is 11.1 Å². The van der Waals surface area contributed by atoms with E-state index in [0.29, 0.717) is 24.2 Å². The summed E-state index contributed by atoms with van der Waals surface area (Å²) >= 11 is 0. The minimum absolute atomic E-state index is 0.0884. The number of hydrogen-bond acceptors (Lipinski definition) is 5. The van der Waals surface area contributed by atoms with Crippen LogP contribution in [0.25, 0.3) is 16.6 Å². The van der Waals surface area contributed by atoms with Crippen molar-refractivity contribution in [2.24, 2.45) is 7.05 Å². The Kier molecular flexibility index (Phi) is 7.91. The summed E-state index contributed by atoms with van der Waals surface area (Å²) in [5, 5.41) is 3.05. The lowest BCUT2D eigenvalue weighted by Gasteiger charge is -2.21. The molecule has 0 spiro atoms. The molecule has 1 saturated carbocycles. The van der Waals surface area contributed by atoms with Crippen molar-refractivity contribution >= 4 is 39.1 Å². The maximum atomic E-state index is 14.8. The third kappa shape index (κ3) is 5.18. The van der Waals surface area contributed by atoms with Gasteiger partial charge in [-0.2, -0.15) is 0 Å². The number of rotatable bonds is 6. The van der Waals surface area contributed by atoms with E-state index in [0.717, 1.165) is 5.56 Å². The van der Waals surface area contributed by atoms with Crippen molar-refractivity contribution < 1.29 is 8.60 Å². The number of aryl methyl sites for hydroxylation is 2. The minimum Gasteiger partial charge on any atom is -0.338 e. The van der Waals surface area contributed by atoms with Crippen molar-refractivity contribution in [3.63, 3.8) is 0 Å². The molecule has 9 nitrogen and oxygen atoms in total. The molecule has 5 rings (SSSR count). The molecule has 0 saturated heterocycles. The summed E-state index contributed by atoms with van der Waals surface area (Å²) in [6, 6.07) is 11.0. The van der Waals surface area contributed by atoms with Gasteiger partial charge in [-0.1, -0.05) is 26.0 Å². The summed E-state index contributed by atoms with van der Waals surface area (Å²) in [7, 11) is 0.149. The fraction of sp³-hybridized carbons (Fsp3) is 0.321. The standard InChI is InChI=1S/C26H26FN5O4S.C2H6/c1-14-8-11-20(19(27)12-14)28-23-21-22(15(2)24(33)30(23)3)31(26(35)32(25(21)34)17-9-10-17)18-7-5-6-16(13-18)29-37(4)36;1-2/h5-8,11-13,17,28-29H,9-10H2,1-4H3;1-2H3. The third-order valence-electron chi connectivity index (χ3n) is 6.50. The van der Waals surface area contributed by atoms with E-state index < -0.39 is 33.6 Å². The molecule has 1 aliphatic carbocycles. The molecule has 0 amide bonds. The van der Waals surface area contributed by atoms with Crippen LogP contribution < -0.4 is 26.8 Å². The van der Waals surface area contributed by atoms with Gasteiger partial charge in [0.1, 0.15) is 28.0 Å². The highest BCUT2D eigenvalue weighted by Gasteiger charge is 2.31. The smallest absolute Gasteiger partial charge is 0.336 e. The Morgan fingerprint density at radius 1 is 1.00 bits per heavy atom. The van der Waals surface area contributed by atoms with Crippen molar-refractivity contribution in [2.75, 3.05) is 16.3 Å². The quantitative estimate of drug-likeness (QED) is 0.368. The Balaban J connectivity index is 0.00000172. The van der Waals surface area contributed by atoms with Gasteiger partial charge >= 0.3 is 5.69 Å². The zero-order chi connectivity index (χ0) is 28.6. The molecule has 1 unspecified atom stereocenters. The molecule has 1 atom stereocenters. The lowest BCUT2D eigenvalue weighted by Crippen LogP contribution is -2.41. The van der Waals surface area contributed by atoms with Crippen LogP contribution in [0.5, 0.6) is 0 Å². The number of aromatic nitrogens is 3. The number of pyridine rings is 1. The molecule has 0 radical (unpaired) electrons. The van der Waals surface area contributed by atoms with E-state index in [-0.39, 0.29) is 34.0 Å². The third-order valence-corrected chi connectivity index (χ3v) is 7.02. The van der Waals surface area contributed by atoms with Crippen molar-refractivity contribution in [2.45, 2.75) is 46.6 Å². The van der Waals surface area contributed by atoms with E-state index in [1.54, 1.807) is 44.2 Å². The summed E-state index contributed by atoms with van der Waals surface area (Å²) in [6.45, 7) is 7.31. The molecule has 0 bridgehead atoms. The van der Waals surface area contributed by atoms with E-state index in [2.05, 4.69) is 10.0 Å². The van der Waals surface area contributed by atoms with E-state index in [4.69, 9.17) is 0 Å². The zero-order valence-electron chi connectivity index (χ0n) is 22.8. The number of hydrogen-bond donors (Lipinski definition) is 2. The first-order chi connectivity index (χ1) is 18.6. The van der Waals surface area contributed by atoms with Gasteiger partial charge in [-0.25, -0.2) is 13.4 Å². The second-order valence-corrected chi connectivity index (χ2v) is 10.4. The first-order valence-electron chi connectivity index (χ1n) is 12.7. The molecule has 2 N–H and O–H groups in total. The summed E-state index contributed by atoms with van der Waals surface area (Å²) in [6.07, 6.45) is 2.84. The minimum atomic E-state index is -1.35. The number of halogens is 1. The van der Waals surface area contributed by atoms with Gasteiger partial charge in [-0.15, -0.1) is 0 Å². The average Bonchev–Trinajstić information content (AvgIpc) is 3.73. The summed E-state index contributed by atoms with van der Waals surface area (Å²) in [4.78, 5) is 41.0. The van der Waals surface area contributed by atoms with Gasteiger partial charge in [-0.05, 0) is 62.6 Å². The summed E-state index contributed by atoms with van der Waals surface area (Å²) in [5.74, 6) is -0.450. The fourth-order valence-corrected chi connectivity index (χ4v) is 5.04. The van der Waals surface area contributed by atoms with Gasteiger partial charge in [0.05, 0.1) is 16.9 Å². The molecular formula is C28H32FN5O4S. The monoisotopic (exact) mass is 553 g/mol. The number of fused-ring (bicyclic) bond motifs is 1. The zero-order valence-corrected chi connectivity index (χ0v) is 23.6. The molecule has 2 heterocycles. The van der Waals surface area contributed by atoms with Crippen LogP contribution >= 0.6 is 0 Å². The predicted octanol–water partition coefficient (Wildman–Crippen LogP) is 4.42. The molecular weight excluding hydrogens is 521 g/mol. The Labute approximate surface area is 227 Å². The Bertz CT molecular complexity index is 1790. The lowest BCUT2D eigenvalue weighted by atomic mass is 10.1. The second kappa shape index (κ2) is 11.0. The van der Waals surface area contributed by atoms with Crippen LogP contribution in [0, 0.1) is 19.7 Å². The SMILES string of the molecule is CC.Cc1ccc(Nc2c3c(=O)n(C4CC4)c(=O)n(-c4cccc(NS(C)=O)c4)c3c(C)c(=O)n2C)c(F)c1. The topological polar surface area (TPSA) is 107 Å². The highest BCUT2D eigenvalue weighted by Crippen LogP contribution is 2.34. The van der Waals surface area contributed by atoms with Crippen LogP contribution in [0.2, 0.25) is 0 Å². The number of nitrogens with zero attached hydrogens (tertiary/aromatic N) is 3. The van der Waals surface area contributed by atoms with Crippen LogP contribution in [0.15, 0.2) is 56.8 Å². The van der Waals surface area contributed by atoms with Crippen molar-refractivity contribution in [3.8, 4) is 5.69 Å². The molecule has 1 fully saturated rings. The molecule has 1 aliphatic rings. The second-order valence-electron chi connectivity index (χ2n) is 9.30. The van der Waals surface area contributed by atoms with Gasteiger partial charge in [0, 0.05) is 30.6 Å². The largest absolute Gasteiger partial charge is 0.338 e. The number of anilines is 3. The molecule has 11 heteroatoms. The van der Waals surface area contributed by atoms with Crippen LogP contribution in [-0.4, -0.2) is 24.2 Å². The molecule has 2 aromatic heterocycles. The molecule has 206 valence electrons. The summed E-state index contributed by atoms with van der Waals surface area (Å²) in [5.41, 5.74) is 0.488. The van der Waals surface area contributed by atoms with Crippen molar-refractivity contribution in [1.82, 2.24) is 13.7 Å². The van der Waals surface area contributed by atoms with Crippen LogP contribution in [0.4, 0.5) is 21.6 Å². The van der Waals surface area contributed by atoms with Gasteiger partial charge in [0.15, 0.2) is 0 Å². The van der Waals surface area contributed by atoms with Crippen molar-refractivity contribution in [1.29, 1.82) is 0 Å². The van der Waals surface area contributed by atoms with Gasteiger partial charge in [-0.3, -0.25) is 23.3 Å². The fourth-order valence-electron chi connectivity index (χ4n) is 4.58. The molecule has 2 aromatic carbocycles. The van der Waals surface area contributed by atoms with E-state index in [9.17, 15) is 23.0 Å². The predicted molar refractivity (Wildman–Crippen MR) is 156 cm³/mol. The van der Waals surface area contributed by atoms with E-state index >= 15 is 0 Å². The maximum absolute atomic E-state index is 14.8. The Morgan fingerprint density at radius 3 is 2.31 bits per heavy atom. The number of nitrogens with one attached hydrogen (secondary N) is 2. The van der Waals surface area contributed by atoms with Gasteiger partial charge in [0.2, 0.25) is 0 Å². The first-order valence-corrected chi connectivity index (χ1v) is 14.3. The Hall–Kier alpha value is -3.99. The molecule has 4 aromatic rings. The lowest BCUT2D eigenvalue weighted by molar-refractivity contribution is 0.630. The van der Waals surface area contributed by atoms with E-state index in [1.807, 2.05) is 13.8 Å². The maximum Gasteiger partial charge on any atom is 0.336 e. The highest BCUT2D eigenvalue weighted by molar-refractivity contribution is 7.85. The number of benzene rings is 2. The molecule has 39 heavy (non-hydrogen) atoms. The van der Waals surface area contributed by atoms with Gasteiger partial charge < -0.3 is 10.0 Å². The summed E-state index contributed by atoms with van der Waals surface area (Å²) < 4.78 is 33.2. The Morgan fingerprint density at radius 2 is 1.69 bits per heavy atom. The normalized spacial score (nSPS) is 13.5. The van der Waals surface area contributed by atoms with Crippen LogP contribution in [0.1, 0.15) is 43.9 Å².